The second-order valence-corrected chi connectivity index (χ2v) is 7.66. The van der Waals surface area contributed by atoms with Crippen molar-refractivity contribution >= 4 is 20.0 Å². The van der Waals surface area contributed by atoms with Crippen LogP contribution in [0.2, 0.25) is 0 Å². The van der Waals surface area contributed by atoms with Crippen molar-refractivity contribution in [2.24, 2.45) is 10.3 Å². The first-order valence-corrected chi connectivity index (χ1v) is 9.50. The third kappa shape index (κ3) is 5.99. The first-order valence-electron chi connectivity index (χ1n) is 6.41. The summed E-state index contributed by atoms with van der Waals surface area (Å²) in [7, 11) is -6.30. The van der Waals surface area contributed by atoms with Gasteiger partial charge in [-0.2, -0.15) is 0 Å². The summed E-state index contributed by atoms with van der Waals surface area (Å²) in [6, 6.07) is 3.49. The SMILES string of the molecule is COCCOCCCc1cc(S(N)(=O)=O)ccc1S(N)(=O)=O. The predicted octanol–water partition coefficient (Wildman–Crippen LogP) is -0.423. The highest BCUT2D eigenvalue weighted by Crippen LogP contribution is 2.20. The fraction of sp³-hybridized carbons (Fsp3) is 0.500. The molecule has 0 radical (unpaired) electrons. The van der Waals surface area contributed by atoms with Gasteiger partial charge in [-0.25, -0.2) is 27.1 Å². The Balaban J connectivity index is 2.89. The number of hydrogen-bond acceptors (Lipinski definition) is 6. The van der Waals surface area contributed by atoms with Crippen molar-refractivity contribution in [3.63, 3.8) is 0 Å². The van der Waals surface area contributed by atoms with E-state index in [-0.39, 0.29) is 9.79 Å². The van der Waals surface area contributed by atoms with Crippen molar-refractivity contribution < 1.29 is 26.3 Å². The monoisotopic (exact) mass is 352 g/mol. The second-order valence-electron chi connectivity index (χ2n) is 4.57. The van der Waals surface area contributed by atoms with Crippen LogP contribution in [-0.4, -0.2) is 43.8 Å². The van der Waals surface area contributed by atoms with Gasteiger partial charge in [-0.05, 0) is 36.6 Å². The molecule has 0 saturated heterocycles. The molecule has 126 valence electrons. The maximum Gasteiger partial charge on any atom is 0.238 e. The van der Waals surface area contributed by atoms with Crippen molar-refractivity contribution in [1.29, 1.82) is 0 Å². The molecule has 1 rings (SSSR count). The van der Waals surface area contributed by atoms with Gasteiger partial charge in [0.25, 0.3) is 0 Å². The number of ether oxygens (including phenoxy) is 2. The largest absolute Gasteiger partial charge is 0.382 e. The summed E-state index contributed by atoms with van der Waals surface area (Å²) < 4.78 is 55.9. The molecule has 0 atom stereocenters. The van der Waals surface area contributed by atoms with Gasteiger partial charge in [0.1, 0.15) is 0 Å². The maximum absolute atomic E-state index is 11.5. The van der Waals surface area contributed by atoms with Gasteiger partial charge in [-0.15, -0.1) is 0 Å². The summed E-state index contributed by atoms with van der Waals surface area (Å²) in [5.74, 6) is 0. The molecule has 0 spiro atoms. The number of rotatable bonds is 9. The molecule has 0 bridgehead atoms. The summed E-state index contributed by atoms with van der Waals surface area (Å²) in [6.07, 6.45) is 0.794. The number of nitrogens with two attached hydrogens (primary N) is 2. The topological polar surface area (TPSA) is 139 Å². The smallest absolute Gasteiger partial charge is 0.238 e. The van der Waals surface area contributed by atoms with Crippen molar-refractivity contribution in [2.75, 3.05) is 26.9 Å². The fourth-order valence-corrected chi connectivity index (χ4v) is 3.16. The highest BCUT2D eigenvalue weighted by atomic mass is 32.2. The number of sulfonamides is 2. The molecule has 0 aliphatic heterocycles. The van der Waals surface area contributed by atoms with Crippen LogP contribution >= 0.6 is 0 Å². The highest BCUT2D eigenvalue weighted by molar-refractivity contribution is 7.89. The Bertz CT molecular complexity index is 700. The summed E-state index contributed by atoms with van der Waals surface area (Å²) >= 11 is 0. The number of hydrogen-bond donors (Lipinski definition) is 2. The zero-order chi connectivity index (χ0) is 16.8. The normalized spacial score (nSPS) is 12.5. The van der Waals surface area contributed by atoms with E-state index < -0.39 is 20.0 Å². The Kier molecular flexibility index (Phi) is 6.91. The van der Waals surface area contributed by atoms with Gasteiger partial charge in [-0.3, -0.25) is 0 Å². The van der Waals surface area contributed by atoms with Gasteiger partial charge in [0, 0.05) is 13.7 Å². The van der Waals surface area contributed by atoms with E-state index in [0.29, 0.717) is 38.2 Å². The zero-order valence-corrected chi connectivity index (χ0v) is 13.8. The van der Waals surface area contributed by atoms with Crippen LogP contribution < -0.4 is 10.3 Å². The first-order chi connectivity index (χ1) is 10.2. The molecule has 1 aromatic rings. The van der Waals surface area contributed by atoms with E-state index in [0.717, 1.165) is 12.1 Å². The van der Waals surface area contributed by atoms with Gasteiger partial charge >= 0.3 is 0 Å². The summed E-state index contributed by atoms with van der Waals surface area (Å²) in [5, 5.41) is 10.2. The Morgan fingerprint density at radius 3 is 2.23 bits per heavy atom. The highest BCUT2D eigenvalue weighted by Gasteiger charge is 2.17. The van der Waals surface area contributed by atoms with Crippen LogP contribution in [0.15, 0.2) is 28.0 Å². The molecular weight excluding hydrogens is 332 g/mol. The lowest BCUT2D eigenvalue weighted by Gasteiger charge is -2.10. The first kappa shape index (κ1) is 19.0. The maximum atomic E-state index is 11.5. The number of methoxy groups -OCH3 is 1. The van der Waals surface area contributed by atoms with E-state index in [1.807, 2.05) is 0 Å². The number of benzene rings is 1. The number of primary sulfonamides is 2. The molecule has 0 aliphatic carbocycles. The molecular formula is C12H20N2O6S2. The lowest BCUT2D eigenvalue weighted by molar-refractivity contribution is 0.0695. The van der Waals surface area contributed by atoms with E-state index in [9.17, 15) is 16.8 Å². The van der Waals surface area contributed by atoms with E-state index in [1.54, 1.807) is 7.11 Å². The predicted molar refractivity (Wildman–Crippen MR) is 80.2 cm³/mol. The molecule has 0 aromatic heterocycles. The third-order valence-corrected chi connectivity index (χ3v) is 4.76. The minimum Gasteiger partial charge on any atom is -0.382 e. The van der Waals surface area contributed by atoms with E-state index in [4.69, 9.17) is 19.8 Å². The summed E-state index contributed by atoms with van der Waals surface area (Å²) in [6.45, 7) is 1.27. The van der Waals surface area contributed by atoms with E-state index in [2.05, 4.69) is 0 Å². The molecule has 0 saturated carbocycles. The molecule has 8 nitrogen and oxygen atoms in total. The standard InChI is InChI=1S/C12H20N2O6S2/c1-19-7-8-20-6-2-3-10-9-11(21(13,15)16)4-5-12(10)22(14,17)18/h4-5,9H,2-3,6-8H2,1H3,(H2,13,15,16)(H2,14,17,18). The second kappa shape index (κ2) is 7.99. The van der Waals surface area contributed by atoms with E-state index in [1.165, 1.54) is 6.07 Å². The van der Waals surface area contributed by atoms with Gasteiger partial charge in [-0.1, -0.05) is 0 Å². The lowest BCUT2D eigenvalue weighted by Crippen LogP contribution is -2.17. The third-order valence-electron chi connectivity index (χ3n) is 2.83. The van der Waals surface area contributed by atoms with Crippen molar-refractivity contribution in [1.82, 2.24) is 0 Å². The van der Waals surface area contributed by atoms with Crippen LogP contribution in [0.4, 0.5) is 0 Å². The van der Waals surface area contributed by atoms with Gasteiger partial charge in [0.15, 0.2) is 0 Å². The number of aryl methyl sites for hydroxylation is 1. The van der Waals surface area contributed by atoms with Crippen molar-refractivity contribution in [3.05, 3.63) is 23.8 Å². The molecule has 1 aromatic carbocycles. The average molecular weight is 352 g/mol. The summed E-state index contributed by atoms with van der Waals surface area (Å²) in [5.41, 5.74) is 0.296. The molecule has 0 amide bonds. The minimum atomic E-state index is -3.94. The molecule has 22 heavy (non-hydrogen) atoms. The van der Waals surface area contributed by atoms with Gasteiger partial charge in [0.2, 0.25) is 20.0 Å². The summed E-state index contributed by atoms with van der Waals surface area (Å²) in [4.78, 5) is -0.271. The van der Waals surface area contributed by atoms with Crippen LogP contribution in [-0.2, 0) is 35.9 Å². The quantitative estimate of drug-likeness (QED) is 0.579. The molecule has 0 aliphatic rings. The van der Waals surface area contributed by atoms with Gasteiger partial charge in [0.05, 0.1) is 23.0 Å². The molecule has 0 fully saturated rings. The zero-order valence-electron chi connectivity index (χ0n) is 12.2. The van der Waals surface area contributed by atoms with E-state index >= 15 is 0 Å². The van der Waals surface area contributed by atoms with Crippen LogP contribution in [0.3, 0.4) is 0 Å². The Hall–Kier alpha value is -1.04. The van der Waals surface area contributed by atoms with Gasteiger partial charge < -0.3 is 9.47 Å². The molecule has 0 unspecified atom stereocenters. The van der Waals surface area contributed by atoms with Crippen LogP contribution in [0.1, 0.15) is 12.0 Å². The average Bonchev–Trinajstić information content (AvgIpc) is 2.40. The van der Waals surface area contributed by atoms with Crippen molar-refractivity contribution in [2.45, 2.75) is 22.6 Å². The Labute approximate surface area is 130 Å². The fourth-order valence-electron chi connectivity index (χ4n) is 1.81. The lowest BCUT2D eigenvalue weighted by atomic mass is 10.1. The minimum absolute atomic E-state index is 0.114. The van der Waals surface area contributed by atoms with Crippen molar-refractivity contribution in [3.8, 4) is 0 Å². The van der Waals surface area contributed by atoms with Crippen LogP contribution in [0.25, 0.3) is 0 Å². The van der Waals surface area contributed by atoms with Crippen LogP contribution in [0, 0.1) is 0 Å². The molecule has 10 heteroatoms. The molecule has 4 N–H and O–H groups in total. The Morgan fingerprint density at radius 2 is 1.68 bits per heavy atom. The van der Waals surface area contributed by atoms with Crippen LogP contribution in [0.5, 0.6) is 0 Å². The Morgan fingerprint density at radius 1 is 1.00 bits per heavy atom. The molecule has 0 heterocycles.